The number of hydrogen-bond donors (Lipinski definition) is 2. The Hall–Kier alpha value is -1.72. The van der Waals surface area contributed by atoms with Crippen molar-refractivity contribution in [2.75, 3.05) is 6.61 Å². The predicted molar refractivity (Wildman–Crippen MR) is 92.6 cm³/mol. The topological polar surface area (TPSA) is 62.2 Å². The van der Waals surface area contributed by atoms with Crippen LogP contribution in [0.25, 0.3) is 11.3 Å². The maximum absolute atomic E-state index is 12.6. The van der Waals surface area contributed by atoms with E-state index in [1.54, 1.807) is 11.3 Å². The highest BCUT2D eigenvalue weighted by atomic mass is 32.1. The lowest BCUT2D eigenvalue weighted by Crippen LogP contribution is -2.45. The standard InChI is InChI=1S/C18H22N2O2S/c1-12-14(5-6-15(19-12)13-7-9-23-10-13)17(22)20-16-4-3-8-18(16,2)11-21/h5-7,9-10,16,21H,3-4,8,11H2,1-2H3,(H,20,22). The first-order chi connectivity index (χ1) is 11.0. The zero-order chi connectivity index (χ0) is 16.4. The number of carbonyl (C=O) groups excluding carboxylic acids is 1. The van der Waals surface area contributed by atoms with Gasteiger partial charge in [0.2, 0.25) is 0 Å². The van der Waals surface area contributed by atoms with Gasteiger partial charge < -0.3 is 10.4 Å². The average molecular weight is 330 g/mol. The molecule has 2 heterocycles. The van der Waals surface area contributed by atoms with Crippen LogP contribution in [0.1, 0.15) is 42.2 Å². The molecule has 0 aliphatic heterocycles. The number of aliphatic hydroxyl groups is 1. The first-order valence-electron chi connectivity index (χ1n) is 7.95. The van der Waals surface area contributed by atoms with Gasteiger partial charge in [0.15, 0.2) is 0 Å². The predicted octanol–water partition coefficient (Wildman–Crippen LogP) is 3.40. The molecule has 2 N–H and O–H groups in total. The third-order valence-corrected chi connectivity index (χ3v) is 5.58. The van der Waals surface area contributed by atoms with Gasteiger partial charge in [0.1, 0.15) is 0 Å². The SMILES string of the molecule is Cc1nc(-c2ccsc2)ccc1C(=O)NC1CCCC1(C)CO. The van der Waals surface area contributed by atoms with E-state index in [1.807, 2.05) is 42.8 Å². The molecule has 2 atom stereocenters. The van der Waals surface area contributed by atoms with E-state index in [0.717, 1.165) is 36.2 Å². The fourth-order valence-corrected chi connectivity index (χ4v) is 3.93. The highest BCUT2D eigenvalue weighted by molar-refractivity contribution is 7.08. The summed E-state index contributed by atoms with van der Waals surface area (Å²) >= 11 is 1.63. The molecule has 4 nitrogen and oxygen atoms in total. The molecule has 1 saturated carbocycles. The van der Waals surface area contributed by atoms with E-state index in [4.69, 9.17) is 0 Å². The molecule has 1 amide bonds. The molecule has 122 valence electrons. The number of carbonyl (C=O) groups is 1. The third-order valence-electron chi connectivity index (χ3n) is 4.90. The van der Waals surface area contributed by atoms with Crippen LogP contribution in [-0.2, 0) is 0 Å². The number of pyridine rings is 1. The van der Waals surface area contributed by atoms with Gasteiger partial charge in [-0.05, 0) is 43.3 Å². The van der Waals surface area contributed by atoms with Crippen molar-refractivity contribution in [2.45, 2.75) is 39.2 Å². The molecule has 1 fully saturated rings. The van der Waals surface area contributed by atoms with Gasteiger partial charge in [-0.1, -0.05) is 13.3 Å². The molecule has 1 aliphatic rings. The average Bonchev–Trinajstić information content (AvgIpc) is 3.18. The van der Waals surface area contributed by atoms with Gasteiger partial charge in [0.25, 0.3) is 5.91 Å². The summed E-state index contributed by atoms with van der Waals surface area (Å²) in [6.07, 6.45) is 2.90. The van der Waals surface area contributed by atoms with Crippen molar-refractivity contribution in [3.8, 4) is 11.3 Å². The lowest BCUT2D eigenvalue weighted by atomic mass is 9.85. The van der Waals surface area contributed by atoms with E-state index >= 15 is 0 Å². The number of rotatable bonds is 4. The summed E-state index contributed by atoms with van der Waals surface area (Å²) in [6, 6.07) is 5.79. The van der Waals surface area contributed by atoms with Gasteiger partial charge >= 0.3 is 0 Å². The quantitative estimate of drug-likeness (QED) is 0.903. The summed E-state index contributed by atoms with van der Waals surface area (Å²) in [7, 11) is 0. The fraction of sp³-hybridized carbons (Fsp3) is 0.444. The van der Waals surface area contributed by atoms with E-state index < -0.39 is 0 Å². The van der Waals surface area contributed by atoms with Crippen LogP contribution in [0.4, 0.5) is 0 Å². The summed E-state index contributed by atoms with van der Waals surface area (Å²) in [5.74, 6) is -0.0987. The van der Waals surface area contributed by atoms with Gasteiger partial charge in [-0.2, -0.15) is 11.3 Å². The van der Waals surface area contributed by atoms with Gasteiger partial charge in [0.05, 0.1) is 23.6 Å². The maximum Gasteiger partial charge on any atom is 0.253 e. The monoisotopic (exact) mass is 330 g/mol. The minimum absolute atomic E-state index is 0.0240. The van der Waals surface area contributed by atoms with Crippen LogP contribution in [0.5, 0.6) is 0 Å². The minimum atomic E-state index is -0.215. The van der Waals surface area contributed by atoms with Crippen molar-refractivity contribution in [1.82, 2.24) is 10.3 Å². The van der Waals surface area contributed by atoms with Crippen molar-refractivity contribution in [3.05, 3.63) is 40.2 Å². The summed E-state index contributed by atoms with van der Waals surface area (Å²) in [6.45, 7) is 4.01. The highest BCUT2D eigenvalue weighted by Crippen LogP contribution is 2.37. The molecular weight excluding hydrogens is 308 g/mol. The number of aromatic nitrogens is 1. The number of thiophene rings is 1. The van der Waals surface area contributed by atoms with E-state index in [2.05, 4.69) is 10.3 Å². The molecule has 2 unspecified atom stereocenters. The smallest absolute Gasteiger partial charge is 0.253 e. The molecule has 0 spiro atoms. The molecule has 23 heavy (non-hydrogen) atoms. The van der Waals surface area contributed by atoms with Crippen LogP contribution in [0.2, 0.25) is 0 Å². The van der Waals surface area contributed by atoms with Crippen LogP contribution in [0, 0.1) is 12.3 Å². The Morgan fingerprint density at radius 3 is 2.96 bits per heavy atom. The molecule has 0 saturated heterocycles. The first-order valence-corrected chi connectivity index (χ1v) is 8.90. The van der Waals surface area contributed by atoms with Gasteiger partial charge in [-0.3, -0.25) is 9.78 Å². The molecular formula is C18H22N2O2S. The lowest BCUT2D eigenvalue weighted by molar-refractivity contribution is 0.0829. The molecule has 2 aromatic heterocycles. The number of aryl methyl sites for hydroxylation is 1. The van der Waals surface area contributed by atoms with E-state index in [0.29, 0.717) is 5.56 Å². The summed E-state index contributed by atoms with van der Waals surface area (Å²) in [4.78, 5) is 17.2. The molecule has 0 radical (unpaired) electrons. The van der Waals surface area contributed by atoms with Crippen LogP contribution in [0.3, 0.4) is 0 Å². The van der Waals surface area contributed by atoms with Gasteiger partial charge in [-0.15, -0.1) is 0 Å². The van der Waals surface area contributed by atoms with Crippen LogP contribution in [0.15, 0.2) is 29.0 Å². The second-order valence-corrected chi connectivity index (χ2v) is 7.35. The van der Waals surface area contributed by atoms with Crippen LogP contribution >= 0.6 is 11.3 Å². The Morgan fingerprint density at radius 1 is 1.48 bits per heavy atom. The number of nitrogens with one attached hydrogen (secondary N) is 1. The summed E-state index contributed by atoms with van der Waals surface area (Å²) in [5.41, 5.74) is 3.09. The first kappa shape index (κ1) is 16.1. The van der Waals surface area contributed by atoms with Gasteiger partial charge in [-0.25, -0.2) is 0 Å². The highest BCUT2D eigenvalue weighted by Gasteiger charge is 2.39. The van der Waals surface area contributed by atoms with E-state index in [1.165, 1.54) is 0 Å². The molecule has 0 aromatic carbocycles. The second kappa shape index (κ2) is 6.42. The Labute approximate surface area is 140 Å². The number of aliphatic hydroxyl groups excluding tert-OH is 1. The van der Waals surface area contributed by atoms with Crippen LogP contribution in [-0.4, -0.2) is 28.6 Å². The normalized spacial score (nSPS) is 23.9. The fourth-order valence-electron chi connectivity index (χ4n) is 3.28. The molecule has 2 aromatic rings. The van der Waals surface area contributed by atoms with Crippen LogP contribution < -0.4 is 5.32 Å². The van der Waals surface area contributed by atoms with Gasteiger partial charge in [0, 0.05) is 22.4 Å². The zero-order valence-electron chi connectivity index (χ0n) is 13.5. The lowest BCUT2D eigenvalue weighted by Gasteiger charge is -2.30. The number of nitrogens with zero attached hydrogens (tertiary/aromatic N) is 1. The molecule has 3 rings (SSSR count). The Bertz CT molecular complexity index is 699. The van der Waals surface area contributed by atoms with E-state index in [-0.39, 0.29) is 24.0 Å². The van der Waals surface area contributed by atoms with Crippen molar-refractivity contribution in [1.29, 1.82) is 0 Å². The Kier molecular flexibility index (Phi) is 4.50. The summed E-state index contributed by atoms with van der Waals surface area (Å²) < 4.78 is 0. The van der Waals surface area contributed by atoms with Crippen molar-refractivity contribution in [2.24, 2.45) is 5.41 Å². The zero-order valence-corrected chi connectivity index (χ0v) is 14.3. The molecule has 0 bridgehead atoms. The minimum Gasteiger partial charge on any atom is -0.396 e. The Morgan fingerprint density at radius 2 is 2.30 bits per heavy atom. The summed E-state index contributed by atoms with van der Waals surface area (Å²) in [5, 5.41) is 16.8. The van der Waals surface area contributed by atoms with Crippen molar-refractivity contribution < 1.29 is 9.90 Å². The number of amides is 1. The Balaban J connectivity index is 1.78. The van der Waals surface area contributed by atoms with E-state index in [9.17, 15) is 9.90 Å². The largest absolute Gasteiger partial charge is 0.396 e. The molecule has 5 heteroatoms. The maximum atomic E-state index is 12.6. The van der Waals surface area contributed by atoms with Crippen molar-refractivity contribution in [3.63, 3.8) is 0 Å². The third kappa shape index (κ3) is 3.16. The second-order valence-electron chi connectivity index (χ2n) is 6.57. The number of hydrogen-bond acceptors (Lipinski definition) is 4. The molecule has 1 aliphatic carbocycles. The van der Waals surface area contributed by atoms with Crippen molar-refractivity contribution >= 4 is 17.2 Å².